The summed E-state index contributed by atoms with van der Waals surface area (Å²) in [5.41, 5.74) is 13.7. The van der Waals surface area contributed by atoms with Crippen molar-refractivity contribution in [2.75, 3.05) is 0 Å². The molecule has 41 heavy (non-hydrogen) atoms. The Balaban J connectivity index is 1.44. The van der Waals surface area contributed by atoms with Crippen LogP contribution < -0.4 is 5.32 Å². The average molecular weight is 531 g/mol. The maximum atomic E-state index is 4.54. The number of hydrogen-bond acceptors (Lipinski definition) is 1. The molecule has 0 radical (unpaired) electrons. The summed E-state index contributed by atoms with van der Waals surface area (Å²) >= 11 is 0. The second-order valence-electron chi connectivity index (χ2n) is 10.4. The lowest BCUT2D eigenvalue weighted by Crippen LogP contribution is -2.13. The molecule has 1 aromatic heterocycles. The Kier molecular flexibility index (Phi) is 7.38. The zero-order chi connectivity index (χ0) is 28.2. The fraction of sp³-hybridized carbons (Fsp3) is 0.0769. The largest absolute Gasteiger partial charge is 0.358 e. The minimum Gasteiger partial charge on any atom is -0.358 e. The van der Waals surface area contributed by atoms with Crippen molar-refractivity contribution in [2.45, 2.75) is 20.3 Å². The fourth-order valence-electron chi connectivity index (χ4n) is 5.68. The number of aryl methyl sites for hydroxylation is 1. The van der Waals surface area contributed by atoms with E-state index in [9.17, 15) is 0 Å². The third-order valence-corrected chi connectivity index (χ3v) is 7.75. The van der Waals surface area contributed by atoms with Gasteiger partial charge in [0.2, 0.25) is 0 Å². The van der Waals surface area contributed by atoms with Gasteiger partial charge in [0, 0.05) is 33.6 Å². The molecule has 0 aliphatic heterocycles. The third kappa shape index (κ3) is 5.37. The molecule has 0 saturated heterocycles. The summed E-state index contributed by atoms with van der Waals surface area (Å²) in [5.74, 6) is 0. The molecule has 2 N–H and O–H groups in total. The smallest absolute Gasteiger partial charge is 0.0496 e. The summed E-state index contributed by atoms with van der Waals surface area (Å²) < 4.78 is 0. The van der Waals surface area contributed by atoms with Gasteiger partial charge in [-0.15, -0.1) is 0 Å². The van der Waals surface area contributed by atoms with Crippen molar-refractivity contribution < 1.29 is 0 Å². The number of rotatable bonds is 8. The van der Waals surface area contributed by atoms with E-state index < -0.39 is 0 Å². The quantitative estimate of drug-likeness (QED) is 0.188. The maximum absolute atomic E-state index is 4.54. The molecule has 0 fully saturated rings. The SMILES string of the molecule is C=C(N/C(=C(\CC)c1ccc(-c2ccccc2)cc1)c1ccc(-c2ccccc2)cc1)c1c(C)[nH]c2ccccc12. The molecule has 0 bridgehead atoms. The summed E-state index contributed by atoms with van der Waals surface area (Å²) in [6.07, 6.45) is 0.869. The van der Waals surface area contributed by atoms with Gasteiger partial charge >= 0.3 is 0 Å². The van der Waals surface area contributed by atoms with Crippen LogP contribution >= 0.6 is 0 Å². The number of fused-ring (bicyclic) bond motifs is 1. The predicted molar refractivity (Wildman–Crippen MR) is 176 cm³/mol. The van der Waals surface area contributed by atoms with Gasteiger partial charge in [0.05, 0.1) is 0 Å². The molecule has 0 amide bonds. The number of aromatic amines is 1. The molecule has 0 spiro atoms. The van der Waals surface area contributed by atoms with E-state index in [0.29, 0.717) is 0 Å². The van der Waals surface area contributed by atoms with Gasteiger partial charge in [0.15, 0.2) is 0 Å². The van der Waals surface area contributed by atoms with E-state index in [1.165, 1.54) is 38.8 Å². The second kappa shape index (κ2) is 11.6. The van der Waals surface area contributed by atoms with Crippen LogP contribution in [-0.4, -0.2) is 4.98 Å². The number of aromatic nitrogens is 1. The van der Waals surface area contributed by atoms with Crippen LogP contribution in [0.25, 0.3) is 50.1 Å². The highest BCUT2D eigenvalue weighted by molar-refractivity contribution is 5.98. The molecule has 2 heteroatoms. The molecule has 0 saturated carbocycles. The molecule has 5 aromatic carbocycles. The fourth-order valence-corrected chi connectivity index (χ4v) is 5.68. The first-order valence-electron chi connectivity index (χ1n) is 14.2. The van der Waals surface area contributed by atoms with Crippen LogP contribution in [0.2, 0.25) is 0 Å². The first kappa shape index (κ1) is 26.2. The standard InChI is InChI=1S/C39H34N2/c1-4-35(33-23-19-31(20-24-33)29-13-7-5-8-14-29)39(34-25-21-32(22-26-34)30-15-9-6-10-16-30)41-28(3)38-27(2)40-37-18-12-11-17-36(37)38/h5-26,40-41H,3-4H2,1-2H3/b39-35+. The highest BCUT2D eigenvalue weighted by Gasteiger charge is 2.16. The molecular weight excluding hydrogens is 496 g/mol. The molecule has 6 rings (SSSR count). The van der Waals surface area contributed by atoms with Crippen molar-refractivity contribution in [2.24, 2.45) is 0 Å². The van der Waals surface area contributed by atoms with Gasteiger partial charge in [0.1, 0.15) is 0 Å². The van der Waals surface area contributed by atoms with Crippen LogP contribution in [0.3, 0.4) is 0 Å². The molecule has 1 heterocycles. The van der Waals surface area contributed by atoms with Crippen molar-refractivity contribution in [3.05, 3.63) is 162 Å². The number of benzene rings is 5. The minimum absolute atomic E-state index is 0.869. The molecular formula is C39H34N2. The average Bonchev–Trinajstić information content (AvgIpc) is 3.38. The Morgan fingerprint density at radius 3 is 1.66 bits per heavy atom. The van der Waals surface area contributed by atoms with E-state index in [0.717, 1.165) is 40.2 Å². The Morgan fingerprint density at radius 1 is 0.610 bits per heavy atom. The van der Waals surface area contributed by atoms with Crippen molar-refractivity contribution in [3.8, 4) is 22.3 Å². The van der Waals surface area contributed by atoms with Crippen molar-refractivity contribution >= 4 is 27.9 Å². The Morgan fingerprint density at radius 2 is 1.10 bits per heavy atom. The lowest BCUT2D eigenvalue weighted by atomic mass is 9.94. The van der Waals surface area contributed by atoms with E-state index in [-0.39, 0.29) is 0 Å². The number of hydrogen-bond donors (Lipinski definition) is 2. The number of para-hydroxylation sites is 1. The summed E-state index contributed by atoms with van der Waals surface area (Å²) in [7, 11) is 0. The Hall–Kier alpha value is -5.08. The van der Waals surface area contributed by atoms with Gasteiger partial charge in [0.25, 0.3) is 0 Å². The molecule has 6 aromatic rings. The van der Waals surface area contributed by atoms with E-state index in [4.69, 9.17) is 0 Å². The van der Waals surface area contributed by atoms with Crippen LogP contribution in [-0.2, 0) is 0 Å². The van der Waals surface area contributed by atoms with Gasteiger partial charge in [-0.1, -0.05) is 141 Å². The van der Waals surface area contributed by atoms with Crippen LogP contribution in [0.4, 0.5) is 0 Å². The van der Waals surface area contributed by atoms with E-state index >= 15 is 0 Å². The predicted octanol–water partition coefficient (Wildman–Crippen LogP) is 10.3. The molecule has 0 unspecified atom stereocenters. The van der Waals surface area contributed by atoms with Crippen molar-refractivity contribution in [1.29, 1.82) is 0 Å². The third-order valence-electron chi connectivity index (χ3n) is 7.75. The topological polar surface area (TPSA) is 27.8 Å². The van der Waals surface area contributed by atoms with Crippen molar-refractivity contribution in [1.82, 2.24) is 10.3 Å². The monoisotopic (exact) mass is 530 g/mol. The number of allylic oxidation sites excluding steroid dienone is 1. The van der Waals surface area contributed by atoms with Crippen molar-refractivity contribution in [3.63, 3.8) is 0 Å². The molecule has 0 aliphatic rings. The van der Waals surface area contributed by atoms with E-state index in [2.05, 4.69) is 164 Å². The first-order valence-corrected chi connectivity index (χ1v) is 14.2. The number of H-pyrrole nitrogens is 1. The van der Waals surface area contributed by atoms with Gasteiger partial charge in [-0.25, -0.2) is 0 Å². The summed E-state index contributed by atoms with van der Waals surface area (Å²) in [6.45, 7) is 8.87. The molecule has 0 atom stereocenters. The van der Waals surface area contributed by atoms with Crippen LogP contribution in [0, 0.1) is 6.92 Å². The molecule has 2 nitrogen and oxygen atoms in total. The summed E-state index contributed by atoms with van der Waals surface area (Å²) in [6, 6.07) is 47.2. The van der Waals surface area contributed by atoms with Gasteiger partial charge in [-0.05, 0) is 58.4 Å². The first-order chi connectivity index (χ1) is 20.1. The van der Waals surface area contributed by atoms with Gasteiger partial charge in [-0.2, -0.15) is 0 Å². The zero-order valence-electron chi connectivity index (χ0n) is 23.6. The second-order valence-corrected chi connectivity index (χ2v) is 10.4. The Labute approximate surface area is 242 Å². The highest BCUT2D eigenvalue weighted by atomic mass is 14.9. The van der Waals surface area contributed by atoms with Crippen LogP contribution in [0.1, 0.15) is 35.7 Å². The maximum Gasteiger partial charge on any atom is 0.0496 e. The zero-order valence-corrected chi connectivity index (χ0v) is 23.6. The van der Waals surface area contributed by atoms with E-state index in [1.807, 2.05) is 0 Å². The Bertz CT molecular complexity index is 1820. The number of nitrogens with one attached hydrogen (secondary N) is 2. The van der Waals surface area contributed by atoms with Crippen LogP contribution in [0.15, 0.2) is 140 Å². The van der Waals surface area contributed by atoms with Gasteiger partial charge < -0.3 is 10.3 Å². The minimum atomic E-state index is 0.869. The van der Waals surface area contributed by atoms with E-state index in [1.54, 1.807) is 0 Å². The lowest BCUT2D eigenvalue weighted by Gasteiger charge is -2.20. The summed E-state index contributed by atoms with van der Waals surface area (Å²) in [5, 5.41) is 4.96. The summed E-state index contributed by atoms with van der Waals surface area (Å²) in [4.78, 5) is 3.53. The molecule has 200 valence electrons. The van der Waals surface area contributed by atoms with Gasteiger partial charge in [-0.3, -0.25) is 0 Å². The highest BCUT2D eigenvalue weighted by Crippen LogP contribution is 2.34. The normalized spacial score (nSPS) is 11.8. The van der Waals surface area contributed by atoms with Crippen LogP contribution in [0.5, 0.6) is 0 Å². The molecule has 0 aliphatic carbocycles. The lowest BCUT2D eigenvalue weighted by molar-refractivity contribution is 1.17.